The Morgan fingerprint density at radius 1 is 1.18 bits per heavy atom. The van der Waals surface area contributed by atoms with Crippen molar-refractivity contribution >= 4 is 63.7 Å². The molecule has 11 heavy (non-hydrogen) atoms. The smallest absolute Gasteiger partial charge is 0.154 e. The number of oxime groups is 1. The van der Waals surface area contributed by atoms with E-state index >= 15 is 0 Å². The van der Waals surface area contributed by atoms with Gasteiger partial charge in [-0.15, -0.1) is 0 Å². The van der Waals surface area contributed by atoms with Crippen molar-refractivity contribution in [1.82, 2.24) is 0 Å². The van der Waals surface area contributed by atoms with Gasteiger partial charge in [-0.2, -0.15) is 0 Å². The van der Waals surface area contributed by atoms with Crippen LogP contribution in [-0.2, 0) is 0 Å². The molecule has 2 nitrogen and oxygen atoms in total. The second-order valence-electron chi connectivity index (χ2n) is 1.36. The van der Waals surface area contributed by atoms with Gasteiger partial charge in [0, 0.05) is 0 Å². The molecule has 1 N–H and O–H groups in total. The van der Waals surface area contributed by atoms with Crippen molar-refractivity contribution < 1.29 is 5.21 Å². The summed E-state index contributed by atoms with van der Waals surface area (Å²) in [7, 11) is 0. The van der Waals surface area contributed by atoms with Gasteiger partial charge < -0.3 is 5.21 Å². The van der Waals surface area contributed by atoms with Gasteiger partial charge in [0.25, 0.3) is 0 Å². The van der Waals surface area contributed by atoms with Gasteiger partial charge in [-0.25, -0.2) is 0 Å². The minimum atomic E-state index is -1.07. The molecule has 0 aromatic heterocycles. The first-order valence-electron chi connectivity index (χ1n) is 2.22. The van der Waals surface area contributed by atoms with Crippen molar-refractivity contribution in [1.29, 1.82) is 0 Å². The molecule has 0 unspecified atom stereocenters. The fraction of sp³-hybridized carbons (Fsp3) is 0.250. The van der Waals surface area contributed by atoms with Gasteiger partial charge in [0.2, 0.25) is 0 Å². The molecule has 0 aromatic carbocycles. The average molecular weight is 257 g/mol. The monoisotopic (exact) mass is 255 g/mol. The van der Waals surface area contributed by atoms with E-state index in [-0.39, 0.29) is 15.2 Å². The fourth-order valence-corrected chi connectivity index (χ4v) is 1.04. The SMILES string of the molecule is O/N=C(\C(Cl)=C(Cl)Cl)C(Cl)Cl. The quantitative estimate of drug-likeness (QED) is 0.349. The molecule has 0 rings (SSSR count). The Bertz CT molecular complexity index is 195. The minimum Gasteiger partial charge on any atom is -0.411 e. The molecule has 7 heteroatoms. The van der Waals surface area contributed by atoms with Crippen LogP contribution in [0.5, 0.6) is 0 Å². The lowest BCUT2D eigenvalue weighted by Gasteiger charge is -2.01. The second kappa shape index (κ2) is 5.33. The molecule has 0 aliphatic carbocycles. The number of allylic oxidation sites excluding steroid dienone is 1. The zero-order chi connectivity index (χ0) is 9.02. The summed E-state index contributed by atoms with van der Waals surface area (Å²) in [5, 5.41) is 10.8. The van der Waals surface area contributed by atoms with Crippen LogP contribution in [0.2, 0.25) is 0 Å². The van der Waals surface area contributed by atoms with E-state index < -0.39 is 4.84 Å². The van der Waals surface area contributed by atoms with E-state index in [1.165, 1.54) is 0 Å². The summed E-state index contributed by atoms with van der Waals surface area (Å²) in [6.45, 7) is 0. The lowest BCUT2D eigenvalue weighted by atomic mass is 10.4. The van der Waals surface area contributed by atoms with Crippen LogP contribution in [-0.4, -0.2) is 15.8 Å². The second-order valence-corrected chi connectivity index (χ2v) is 3.78. The summed E-state index contributed by atoms with van der Waals surface area (Å²) in [5.74, 6) is 0. The molecular weight excluding hydrogens is 255 g/mol. The summed E-state index contributed by atoms with van der Waals surface area (Å²) in [5.41, 5.74) is -0.185. The Labute approximate surface area is 88.3 Å². The Morgan fingerprint density at radius 2 is 1.64 bits per heavy atom. The highest BCUT2D eigenvalue weighted by atomic mass is 35.5. The van der Waals surface area contributed by atoms with Crippen LogP contribution in [0.25, 0.3) is 0 Å². The third-order valence-corrected chi connectivity index (χ3v) is 2.07. The van der Waals surface area contributed by atoms with Crippen molar-refractivity contribution in [2.24, 2.45) is 5.16 Å². The molecule has 0 heterocycles. The van der Waals surface area contributed by atoms with Crippen LogP contribution >= 0.6 is 58.0 Å². The Balaban J connectivity index is 4.70. The van der Waals surface area contributed by atoms with E-state index in [2.05, 4.69) is 5.16 Å². The Morgan fingerprint density at radius 3 is 1.73 bits per heavy atom. The van der Waals surface area contributed by atoms with Gasteiger partial charge in [0.15, 0.2) is 4.84 Å². The van der Waals surface area contributed by atoms with Crippen LogP contribution in [0.15, 0.2) is 14.7 Å². The Kier molecular flexibility index (Phi) is 5.65. The van der Waals surface area contributed by atoms with Gasteiger partial charge in [0.1, 0.15) is 10.2 Å². The maximum absolute atomic E-state index is 8.30. The fourth-order valence-electron chi connectivity index (χ4n) is 0.280. The van der Waals surface area contributed by atoms with Crippen molar-refractivity contribution in [3.63, 3.8) is 0 Å². The van der Waals surface area contributed by atoms with E-state index in [1.807, 2.05) is 0 Å². The summed E-state index contributed by atoms with van der Waals surface area (Å²) in [6, 6.07) is 0. The minimum absolute atomic E-state index is 0.175. The third-order valence-electron chi connectivity index (χ3n) is 0.705. The van der Waals surface area contributed by atoms with Crippen LogP contribution in [0, 0.1) is 0 Å². The van der Waals surface area contributed by atoms with Gasteiger partial charge in [-0.3, -0.25) is 0 Å². The molecule has 0 bridgehead atoms. The first kappa shape index (κ1) is 11.7. The van der Waals surface area contributed by atoms with Crippen molar-refractivity contribution in [3.8, 4) is 0 Å². The molecule has 0 atom stereocenters. The molecule has 0 aromatic rings. The average Bonchev–Trinajstić information content (AvgIpc) is 1.88. The predicted octanol–water partition coefficient (Wildman–Crippen LogP) is 3.51. The zero-order valence-corrected chi connectivity index (χ0v) is 8.64. The van der Waals surface area contributed by atoms with E-state index in [4.69, 9.17) is 63.2 Å². The van der Waals surface area contributed by atoms with Gasteiger partial charge in [0.05, 0.1) is 5.03 Å². The number of hydrogen-bond donors (Lipinski definition) is 1. The number of halogens is 5. The molecule has 0 spiro atoms. The number of alkyl halides is 2. The molecular formula is C4H2Cl5NO. The van der Waals surface area contributed by atoms with Gasteiger partial charge in [-0.05, 0) is 0 Å². The summed E-state index contributed by atoms with van der Waals surface area (Å²) < 4.78 is -0.259. The van der Waals surface area contributed by atoms with Crippen LogP contribution in [0.3, 0.4) is 0 Å². The zero-order valence-electron chi connectivity index (χ0n) is 4.86. The maximum Gasteiger partial charge on any atom is 0.154 e. The maximum atomic E-state index is 8.30. The highest BCUT2D eigenvalue weighted by Gasteiger charge is 2.16. The van der Waals surface area contributed by atoms with E-state index in [0.29, 0.717) is 0 Å². The standard InChI is InChI=1S/C4H2Cl5NO/c5-1(3(6)7)2(10-11)4(8)9/h4,11H/b10-2+. The van der Waals surface area contributed by atoms with Crippen LogP contribution in [0.4, 0.5) is 0 Å². The van der Waals surface area contributed by atoms with Crippen molar-refractivity contribution in [3.05, 3.63) is 9.52 Å². The normalized spacial score (nSPS) is 12.0. The molecule has 0 saturated heterocycles. The molecule has 0 fully saturated rings. The van der Waals surface area contributed by atoms with Crippen molar-refractivity contribution in [2.75, 3.05) is 0 Å². The molecule has 0 radical (unpaired) electrons. The first-order valence-corrected chi connectivity index (χ1v) is 4.22. The Hall–Kier alpha value is 0.660. The highest BCUT2D eigenvalue weighted by Crippen LogP contribution is 2.23. The first-order chi connectivity index (χ1) is 5.00. The number of rotatable bonds is 2. The number of nitrogens with zero attached hydrogens (tertiary/aromatic N) is 1. The molecule has 64 valence electrons. The van der Waals surface area contributed by atoms with Crippen LogP contribution < -0.4 is 0 Å². The van der Waals surface area contributed by atoms with Gasteiger partial charge >= 0.3 is 0 Å². The molecule has 0 aliphatic rings. The molecule has 0 saturated carbocycles. The predicted molar refractivity (Wildman–Crippen MR) is 49.3 cm³/mol. The third kappa shape index (κ3) is 3.72. The number of hydrogen-bond acceptors (Lipinski definition) is 2. The molecule has 0 amide bonds. The lowest BCUT2D eigenvalue weighted by Crippen LogP contribution is -2.08. The van der Waals surface area contributed by atoms with E-state index in [1.54, 1.807) is 0 Å². The summed E-state index contributed by atoms with van der Waals surface area (Å²) in [6.07, 6.45) is 0. The topological polar surface area (TPSA) is 32.6 Å². The van der Waals surface area contributed by atoms with Crippen molar-refractivity contribution in [2.45, 2.75) is 4.84 Å². The largest absolute Gasteiger partial charge is 0.411 e. The van der Waals surface area contributed by atoms with E-state index in [9.17, 15) is 0 Å². The van der Waals surface area contributed by atoms with Gasteiger partial charge in [-0.1, -0.05) is 63.2 Å². The summed E-state index contributed by atoms with van der Waals surface area (Å²) in [4.78, 5) is -1.07. The summed E-state index contributed by atoms with van der Waals surface area (Å²) >= 11 is 26.6. The molecule has 0 aliphatic heterocycles. The van der Waals surface area contributed by atoms with E-state index in [0.717, 1.165) is 0 Å². The lowest BCUT2D eigenvalue weighted by molar-refractivity contribution is 0.319. The van der Waals surface area contributed by atoms with Crippen LogP contribution in [0.1, 0.15) is 0 Å². The highest BCUT2D eigenvalue weighted by molar-refractivity contribution is 6.67.